The van der Waals surface area contributed by atoms with Crippen molar-refractivity contribution in [3.63, 3.8) is 0 Å². The molecule has 1 aromatic rings. The molecule has 0 fully saturated rings. The quantitative estimate of drug-likeness (QED) is 0.659. The summed E-state index contributed by atoms with van der Waals surface area (Å²) in [6, 6.07) is 4.40. The van der Waals surface area contributed by atoms with Crippen molar-refractivity contribution in [1.82, 2.24) is 10.0 Å². The first-order chi connectivity index (χ1) is 11.8. The zero-order valence-corrected chi connectivity index (χ0v) is 14.8. The molecule has 0 spiro atoms. The molecular weight excluding hydrogens is 346 g/mol. The van der Waals surface area contributed by atoms with Crippen LogP contribution in [0.25, 0.3) is 0 Å². The molecule has 2 unspecified atom stereocenters. The molecule has 0 saturated carbocycles. The van der Waals surface area contributed by atoms with E-state index in [-0.39, 0.29) is 10.7 Å². The number of amidine groups is 1. The Hall–Kier alpha value is -2.42. The van der Waals surface area contributed by atoms with E-state index in [0.717, 1.165) is 6.42 Å². The molecule has 8 nitrogen and oxygen atoms in total. The molecule has 136 valence electrons. The van der Waals surface area contributed by atoms with Gasteiger partial charge in [-0.1, -0.05) is 31.9 Å². The van der Waals surface area contributed by atoms with Crippen LogP contribution >= 0.6 is 0 Å². The topological polar surface area (TPSA) is 125 Å². The van der Waals surface area contributed by atoms with Crippen molar-refractivity contribution in [2.75, 3.05) is 0 Å². The summed E-state index contributed by atoms with van der Waals surface area (Å²) in [5.74, 6) is -1.59. The molecule has 0 bridgehead atoms. The van der Waals surface area contributed by atoms with Gasteiger partial charge in [0.2, 0.25) is 5.91 Å². The van der Waals surface area contributed by atoms with E-state index in [9.17, 15) is 23.1 Å². The number of amides is 1. The van der Waals surface area contributed by atoms with Crippen molar-refractivity contribution in [1.29, 1.82) is 0 Å². The third-order valence-corrected chi connectivity index (χ3v) is 5.22. The van der Waals surface area contributed by atoms with Gasteiger partial charge in [0.05, 0.1) is 4.90 Å². The first-order valence-electron chi connectivity index (χ1n) is 7.99. The van der Waals surface area contributed by atoms with Crippen LogP contribution in [0.3, 0.4) is 0 Å². The van der Waals surface area contributed by atoms with E-state index in [1.807, 2.05) is 6.92 Å². The highest BCUT2D eigenvalue weighted by atomic mass is 32.2. The van der Waals surface area contributed by atoms with Crippen LogP contribution in [0, 0.1) is 0 Å². The number of hydrogen-bond donors (Lipinski definition) is 3. The van der Waals surface area contributed by atoms with Crippen molar-refractivity contribution >= 4 is 27.7 Å². The molecule has 9 heteroatoms. The Morgan fingerprint density at radius 3 is 2.64 bits per heavy atom. The van der Waals surface area contributed by atoms with Gasteiger partial charge in [-0.15, -0.1) is 0 Å². The van der Waals surface area contributed by atoms with Gasteiger partial charge in [0, 0.05) is 5.56 Å². The number of sulfonamides is 1. The number of aliphatic carboxylic acids is 1. The fraction of sp³-hybridized carbons (Fsp3) is 0.438. The predicted octanol–water partition coefficient (Wildman–Crippen LogP) is 0.873. The summed E-state index contributed by atoms with van der Waals surface area (Å²) in [6.45, 7) is 3.41. The Morgan fingerprint density at radius 2 is 2.00 bits per heavy atom. The number of rotatable bonds is 7. The molecule has 1 aliphatic rings. The monoisotopic (exact) mass is 367 g/mol. The predicted molar refractivity (Wildman–Crippen MR) is 91.9 cm³/mol. The molecular formula is C16H21N3O5S. The Kier molecular flexibility index (Phi) is 5.78. The van der Waals surface area contributed by atoms with Gasteiger partial charge in [-0.2, -0.15) is 0 Å². The lowest BCUT2D eigenvalue weighted by Gasteiger charge is -2.16. The van der Waals surface area contributed by atoms with E-state index < -0.39 is 34.0 Å². The molecule has 3 N–H and O–H groups in total. The number of benzene rings is 1. The zero-order chi connectivity index (χ0) is 18.6. The second kappa shape index (κ2) is 7.64. The standard InChI is InChI=1S/C16H21N3O5S/c1-3-4-8-12(16(21)22)18-15(20)10(2)17-14-11-7-5-6-9-13(11)25(23,24)19-14/h5-7,9-10,12H,3-4,8H2,1-2H3,(H,17,19)(H,18,20)(H,21,22). The number of carboxylic acids is 1. The molecule has 1 aliphatic heterocycles. The van der Waals surface area contributed by atoms with Crippen LogP contribution in [0.2, 0.25) is 0 Å². The van der Waals surface area contributed by atoms with E-state index >= 15 is 0 Å². The van der Waals surface area contributed by atoms with Crippen LogP contribution in [0.15, 0.2) is 34.2 Å². The van der Waals surface area contributed by atoms with Crippen LogP contribution in [-0.2, 0) is 19.6 Å². The Labute approximate surface area is 146 Å². The van der Waals surface area contributed by atoms with Crippen LogP contribution in [0.4, 0.5) is 0 Å². The maximum Gasteiger partial charge on any atom is 0.326 e. The number of carbonyl (C=O) groups excluding carboxylic acids is 1. The minimum atomic E-state index is -3.68. The van der Waals surface area contributed by atoms with Gasteiger partial charge >= 0.3 is 5.97 Å². The SMILES string of the molecule is CCCCC(NC(=O)C(C)N=C1NS(=O)(=O)c2ccccc21)C(=O)O. The first-order valence-corrected chi connectivity index (χ1v) is 9.47. The van der Waals surface area contributed by atoms with E-state index in [4.69, 9.17) is 0 Å². The van der Waals surface area contributed by atoms with Gasteiger partial charge in [-0.3, -0.25) is 14.5 Å². The molecule has 0 aliphatic carbocycles. The Morgan fingerprint density at radius 1 is 1.32 bits per heavy atom. The maximum atomic E-state index is 12.2. The lowest BCUT2D eigenvalue weighted by Crippen LogP contribution is -2.44. The lowest BCUT2D eigenvalue weighted by atomic mass is 10.1. The third-order valence-electron chi connectivity index (χ3n) is 3.83. The molecule has 1 aromatic carbocycles. The van der Waals surface area contributed by atoms with Crippen molar-refractivity contribution in [3.05, 3.63) is 29.8 Å². The Bertz CT molecular complexity index is 804. The second-order valence-electron chi connectivity index (χ2n) is 5.80. The highest BCUT2D eigenvalue weighted by Crippen LogP contribution is 2.22. The van der Waals surface area contributed by atoms with Gasteiger partial charge in [-0.05, 0) is 25.5 Å². The van der Waals surface area contributed by atoms with Crippen molar-refractivity contribution < 1.29 is 23.1 Å². The summed E-state index contributed by atoms with van der Waals surface area (Å²) in [7, 11) is -3.68. The molecule has 0 aromatic heterocycles. The smallest absolute Gasteiger partial charge is 0.326 e. The van der Waals surface area contributed by atoms with Gasteiger partial charge < -0.3 is 10.4 Å². The van der Waals surface area contributed by atoms with Crippen LogP contribution in [0.5, 0.6) is 0 Å². The number of hydrogen-bond acceptors (Lipinski definition) is 5. The highest BCUT2D eigenvalue weighted by molar-refractivity contribution is 7.90. The summed E-state index contributed by atoms with van der Waals surface area (Å²) in [5, 5.41) is 11.6. The number of unbranched alkanes of at least 4 members (excludes halogenated alkanes) is 1. The van der Waals surface area contributed by atoms with E-state index in [1.165, 1.54) is 13.0 Å². The zero-order valence-electron chi connectivity index (χ0n) is 14.0. The molecule has 1 amide bonds. The summed E-state index contributed by atoms with van der Waals surface area (Å²) in [5.41, 5.74) is 0.392. The summed E-state index contributed by atoms with van der Waals surface area (Å²) in [4.78, 5) is 27.7. The van der Waals surface area contributed by atoms with Gasteiger partial charge in [0.15, 0.2) is 0 Å². The van der Waals surface area contributed by atoms with Crippen LogP contribution < -0.4 is 10.0 Å². The van der Waals surface area contributed by atoms with Gasteiger partial charge in [-0.25, -0.2) is 13.2 Å². The van der Waals surface area contributed by atoms with Crippen LogP contribution in [-0.4, -0.2) is 43.3 Å². The van der Waals surface area contributed by atoms with Crippen molar-refractivity contribution in [2.24, 2.45) is 4.99 Å². The summed E-state index contributed by atoms with van der Waals surface area (Å²) >= 11 is 0. The van der Waals surface area contributed by atoms with E-state index in [0.29, 0.717) is 18.4 Å². The van der Waals surface area contributed by atoms with E-state index in [2.05, 4.69) is 15.0 Å². The molecule has 25 heavy (non-hydrogen) atoms. The highest BCUT2D eigenvalue weighted by Gasteiger charge is 2.31. The average molecular weight is 367 g/mol. The fourth-order valence-electron chi connectivity index (χ4n) is 2.44. The number of nitrogens with zero attached hydrogens (tertiary/aromatic N) is 1. The van der Waals surface area contributed by atoms with Crippen molar-refractivity contribution in [3.8, 4) is 0 Å². The molecule has 2 atom stereocenters. The molecule has 2 rings (SSSR count). The average Bonchev–Trinajstić information content (AvgIpc) is 2.82. The minimum absolute atomic E-state index is 0.0821. The molecule has 1 heterocycles. The molecule has 0 radical (unpaired) electrons. The van der Waals surface area contributed by atoms with Gasteiger partial charge in [0.1, 0.15) is 17.9 Å². The lowest BCUT2D eigenvalue weighted by molar-refractivity contribution is -0.142. The summed E-state index contributed by atoms with van der Waals surface area (Å²) < 4.78 is 26.4. The number of carbonyl (C=O) groups is 2. The Balaban J connectivity index is 2.16. The number of nitrogens with one attached hydrogen (secondary N) is 2. The third kappa shape index (κ3) is 4.36. The molecule has 0 saturated heterocycles. The van der Waals surface area contributed by atoms with E-state index in [1.54, 1.807) is 18.2 Å². The second-order valence-corrected chi connectivity index (χ2v) is 7.45. The summed E-state index contributed by atoms with van der Waals surface area (Å²) in [6.07, 6.45) is 1.82. The fourth-order valence-corrected chi connectivity index (χ4v) is 3.68. The maximum absolute atomic E-state index is 12.2. The number of carboxylic acid groups (broad SMARTS) is 1. The minimum Gasteiger partial charge on any atom is -0.480 e. The normalized spacial score (nSPS) is 18.9. The van der Waals surface area contributed by atoms with Crippen LogP contribution in [0.1, 0.15) is 38.7 Å². The first kappa shape index (κ1) is 18.9. The number of aliphatic imine (C=N–C) groups is 1. The van der Waals surface area contributed by atoms with Gasteiger partial charge in [0.25, 0.3) is 10.0 Å². The largest absolute Gasteiger partial charge is 0.480 e. The van der Waals surface area contributed by atoms with Crippen molar-refractivity contribution in [2.45, 2.75) is 50.1 Å². The number of fused-ring (bicyclic) bond motifs is 1.